The van der Waals surface area contributed by atoms with E-state index in [1.54, 1.807) is 11.3 Å². The van der Waals surface area contributed by atoms with E-state index in [0.717, 1.165) is 17.5 Å². The van der Waals surface area contributed by atoms with Crippen molar-refractivity contribution in [1.29, 1.82) is 0 Å². The molecule has 3 nitrogen and oxygen atoms in total. The lowest BCUT2D eigenvalue weighted by Crippen LogP contribution is -2.18. The summed E-state index contributed by atoms with van der Waals surface area (Å²) in [6, 6.07) is 0. The number of hydrogen-bond acceptors (Lipinski definition) is 4. The van der Waals surface area contributed by atoms with Crippen molar-refractivity contribution in [2.24, 2.45) is 5.92 Å². The molecular formula is C9H15N3S. The summed E-state index contributed by atoms with van der Waals surface area (Å²) in [6.07, 6.45) is 2.60. The van der Waals surface area contributed by atoms with E-state index in [9.17, 15) is 0 Å². The van der Waals surface area contributed by atoms with E-state index in [4.69, 9.17) is 0 Å². The molecule has 1 aliphatic carbocycles. The highest BCUT2D eigenvalue weighted by molar-refractivity contribution is 7.11. The predicted molar refractivity (Wildman–Crippen MR) is 53.8 cm³/mol. The molecule has 0 amide bonds. The van der Waals surface area contributed by atoms with Gasteiger partial charge in [0.1, 0.15) is 10.0 Å². The first kappa shape index (κ1) is 9.09. The Morgan fingerprint density at radius 3 is 2.85 bits per heavy atom. The summed E-state index contributed by atoms with van der Waals surface area (Å²) in [5, 5.41) is 13.8. The van der Waals surface area contributed by atoms with Crippen molar-refractivity contribution in [2.45, 2.75) is 32.2 Å². The molecule has 1 N–H and O–H groups in total. The Kier molecular flexibility index (Phi) is 2.60. The lowest BCUT2D eigenvalue weighted by molar-refractivity contribution is 0.287. The second-order valence-corrected chi connectivity index (χ2v) is 4.93. The number of hydrogen-bond donors (Lipinski definition) is 1. The normalized spacial score (nSPS) is 27.2. The van der Waals surface area contributed by atoms with E-state index in [1.807, 2.05) is 7.05 Å². The SMILES string of the molecule is CNCc1nnc(C2CC(C)C2)s1. The third kappa shape index (κ3) is 1.89. The van der Waals surface area contributed by atoms with Crippen LogP contribution in [0.2, 0.25) is 0 Å². The Hall–Kier alpha value is -0.480. The molecule has 2 rings (SSSR count). The molecule has 1 aliphatic rings. The minimum absolute atomic E-state index is 0.707. The van der Waals surface area contributed by atoms with Crippen molar-refractivity contribution < 1.29 is 0 Å². The van der Waals surface area contributed by atoms with Gasteiger partial charge in [0.2, 0.25) is 0 Å². The smallest absolute Gasteiger partial charge is 0.131 e. The zero-order valence-electron chi connectivity index (χ0n) is 8.08. The second-order valence-electron chi connectivity index (χ2n) is 3.84. The van der Waals surface area contributed by atoms with Crippen molar-refractivity contribution in [3.8, 4) is 0 Å². The topological polar surface area (TPSA) is 37.8 Å². The Labute approximate surface area is 82.6 Å². The quantitative estimate of drug-likeness (QED) is 0.802. The first-order valence-corrected chi connectivity index (χ1v) is 5.58. The van der Waals surface area contributed by atoms with Crippen LogP contribution in [0.1, 0.15) is 35.7 Å². The zero-order valence-corrected chi connectivity index (χ0v) is 8.90. The van der Waals surface area contributed by atoms with Crippen molar-refractivity contribution in [3.05, 3.63) is 10.0 Å². The summed E-state index contributed by atoms with van der Waals surface area (Å²) in [4.78, 5) is 0. The monoisotopic (exact) mass is 197 g/mol. The average molecular weight is 197 g/mol. The van der Waals surface area contributed by atoms with Gasteiger partial charge in [0.05, 0.1) is 0 Å². The molecule has 0 aliphatic heterocycles. The van der Waals surface area contributed by atoms with Gasteiger partial charge in [0.25, 0.3) is 0 Å². The molecule has 0 aromatic carbocycles. The van der Waals surface area contributed by atoms with Crippen LogP contribution >= 0.6 is 11.3 Å². The summed E-state index contributed by atoms with van der Waals surface area (Å²) in [7, 11) is 1.94. The zero-order chi connectivity index (χ0) is 9.26. The van der Waals surface area contributed by atoms with Gasteiger partial charge in [-0.1, -0.05) is 18.3 Å². The molecule has 4 heteroatoms. The largest absolute Gasteiger partial charge is 0.313 e. The van der Waals surface area contributed by atoms with Gasteiger partial charge in [0, 0.05) is 12.5 Å². The van der Waals surface area contributed by atoms with Crippen molar-refractivity contribution in [2.75, 3.05) is 7.05 Å². The van der Waals surface area contributed by atoms with Crippen LogP contribution in [-0.2, 0) is 6.54 Å². The lowest BCUT2D eigenvalue weighted by atomic mass is 9.77. The van der Waals surface area contributed by atoms with Gasteiger partial charge in [-0.25, -0.2) is 0 Å². The third-order valence-electron chi connectivity index (χ3n) is 2.53. The minimum atomic E-state index is 0.707. The fourth-order valence-electron chi connectivity index (χ4n) is 1.76. The molecule has 0 unspecified atom stereocenters. The maximum absolute atomic E-state index is 4.22. The van der Waals surface area contributed by atoms with Crippen LogP contribution < -0.4 is 5.32 Å². The van der Waals surface area contributed by atoms with Gasteiger partial charge in [-0.2, -0.15) is 0 Å². The summed E-state index contributed by atoms with van der Waals surface area (Å²) >= 11 is 1.76. The van der Waals surface area contributed by atoms with Crippen LogP contribution in [0.15, 0.2) is 0 Å². The molecule has 1 saturated carbocycles. The Morgan fingerprint density at radius 1 is 1.46 bits per heavy atom. The maximum atomic E-state index is 4.22. The van der Waals surface area contributed by atoms with Crippen LogP contribution in [0.3, 0.4) is 0 Å². The first-order chi connectivity index (χ1) is 6.29. The lowest BCUT2D eigenvalue weighted by Gasteiger charge is -2.30. The predicted octanol–water partition coefficient (Wildman–Crippen LogP) is 1.77. The summed E-state index contributed by atoms with van der Waals surface area (Å²) in [6.45, 7) is 3.14. The summed E-state index contributed by atoms with van der Waals surface area (Å²) in [5.74, 6) is 1.60. The van der Waals surface area contributed by atoms with E-state index in [1.165, 1.54) is 17.8 Å². The van der Waals surface area contributed by atoms with Gasteiger partial charge in [-0.05, 0) is 25.8 Å². The maximum Gasteiger partial charge on any atom is 0.131 e. The van der Waals surface area contributed by atoms with E-state index >= 15 is 0 Å². The van der Waals surface area contributed by atoms with Crippen LogP contribution in [0.5, 0.6) is 0 Å². The molecule has 1 fully saturated rings. The van der Waals surface area contributed by atoms with E-state index in [2.05, 4.69) is 22.4 Å². The minimum Gasteiger partial charge on any atom is -0.313 e. The highest BCUT2D eigenvalue weighted by Crippen LogP contribution is 2.41. The Morgan fingerprint density at radius 2 is 2.23 bits per heavy atom. The molecule has 0 bridgehead atoms. The van der Waals surface area contributed by atoms with Gasteiger partial charge >= 0.3 is 0 Å². The fourth-order valence-corrected chi connectivity index (χ4v) is 2.74. The van der Waals surface area contributed by atoms with E-state index < -0.39 is 0 Å². The molecule has 0 spiro atoms. The Balaban J connectivity index is 1.97. The second kappa shape index (κ2) is 3.72. The van der Waals surface area contributed by atoms with Gasteiger partial charge in [-0.15, -0.1) is 10.2 Å². The third-order valence-corrected chi connectivity index (χ3v) is 3.62. The number of aromatic nitrogens is 2. The number of rotatable bonds is 3. The molecule has 0 saturated heterocycles. The number of nitrogens with one attached hydrogen (secondary N) is 1. The average Bonchev–Trinajstić information content (AvgIpc) is 2.48. The van der Waals surface area contributed by atoms with Crippen LogP contribution in [-0.4, -0.2) is 17.2 Å². The fraction of sp³-hybridized carbons (Fsp3) is 0.778. The van der Waals surface area contributed by atoms with E-state index in [0.29, 0.717) is 5.92 Å². The van der Waals surface area contributed by atoms with Crippen LogP contribution in [0.25, 0.3) is 0 Å². The number of nitrogens with zero attached hydrogens (tertiary/aromatic N) is 2. The molecule has 13 heavy (non-hydrogen) atoms. The van der Waals surface area contributed by atoms with Crippen LogP contribution in [0, 0.1) is 5.92 Å². The van der Waals surface area contributed by atoms with Gasteiger partial charge < -0.3 is 5.32 Å². The highest BCUT2D eigenvalue weighted by Gasteiger charge is 2.29. The molecule has 1 aromatic heterocycles. The summed E-state index contributed by atoms with van der Waals surface area (Å²) in [5.41, 5.74) is 0. The van der Waals surface area contributed by atoms with Gasteiger partial charge in [-0.3, -0.25) is 0 Å². The molecule has 1 heterocycles. The van der Waals surface area contributed by atoms with Crippen LogP contribution in [0.4, 0.5) is 0 Å². The Bertz CT molecular complexity index is 278. The van der Waals surface area contributed by atoms with Gasteiger partial charge in [0.15, 0.2) is 0 Å². The first-order valence-electron chi connectivity index (χ1n) is 4.76. The highest BCUT2D eigenvalue weighted by atomic mass is 32.1. The standard InChI is InChI=1S/C9H15N3S/c1-6-3-7(4-6)9-12-11-8(13-9)5-10-2/h6-7,10H,3-5H2,1-2H3. The molecular weight excluding hydrogens is 182 g/mol. The van der Waals surface area contributed by atoms with E-state index in [-0.39, 0.29) is 0 Å². The molecule has 0 radical (unpaired) electrons. The van der Waals surface area contributed by atoms with Crippen molar-refractivity contribution >= 4 is 11.3 Å². The molecule has 72 valence electrons. The van der Waals surface area contributed by atoms with Crippen molar-refractivity contribution in [3.63, 3.8) is 0 Å². The summed E-state index contributed by atoms with van der Waals surface area (Å²) < 4.78 is 0. The molecule has 0 atom stereocenters. The van der Waals surface area contributed by atoms with Crippen molar-refractivity contribution in [1.82, 2.24) is 15.5 Å². The molecule has 1 aromatic rings.